The number of hydrogen-bond donors (Lipinski definition) is 2. The van der Waals surface area contributed by atoms with Crippen LogP contribution in [0.5, 0.6) is 5.75 Å². The largest absolute Gasteiger partial charge is 0.497 e. The number of ether oxygens (including phenoxy) is 1. The summed E-state index contributed by atoms with van der Waals surface area (Å²) < 4.78 is 5.30. The molecule has 26 heavy (non-hydrogen) atoms. The Bertz CT molecular complexity index is 815. The monoisotopic (exact) mass is 353 g/mol. The van der Waals surface area contributed by atoms with E-state index in [1.807, 2.05) is 6.07 Å². The van der Waals surface area contributed by atoms with E-state index < -0.39 is 5.97 Å². The minimum Gasteiger partial charge on any atom is -0.497 e. The topological polar surface area (TPSA) is 75.6 Å². The van der Waals surface area contributed by atoms with Crippen molar-refractivity contribution in [1.29, 1.82) is 0 Å². The fourth-order valence-electron chi connectivity index (χ4n) is 3.53. The van der Waals surface area contributed by atoms with Crippen molar-refractivity contribution in [3.05, 3.63) is 64.7 Å². The Kier molecular flexibility index (Phi) is 5.56. The summed E-state index contributed by atoms with van der Waals surface area (Å²) in [6.45, 7) is 0.594. The number of fused-ring (bicyclic) bond motifs is 1. The minimum absolute atomic E-state index is 0.0897. The van der Waals surface area contributed by atoms with Crippen molar-refractivity contribution >= 4 is 11.9 Å². The molecule has 1 aliphatic carbocycles. The van der Waals surface area contributed by atoms with Crippen LogP contribution in [0.15, 0.2) is 42.5 Å². The molecule has 0 aliphatic heterocycles. The Hall–Kier alpha value is -2.82. The molecule has 2 aromatic carbocycles. The van der Waals surface area contributed by atoms with Gasteiger partial charge >= 0.3 is 5.97 Å². The normalized spacial score (nSPS) is 15.8. The van der Waals surface area contributed by atoms with E-state index in [1.54, 1.807) is 25.3 Å². The number of methoxy groups -OCH3 is 1. The van der Waals surface area contributed by atoms with Crippen molar-refractivity contribution < 1.29 is 19.4 Å². The van der Waals surface area contributed by atoms with Crippen LogP contribution in [0.2, 0.25) is 0 Å². The van der Waals surface area contributed by atoms with E-state index in [9.17, 15) is 9.59 Å². The SMILES string of the molecule is COc1ccc2c(c1)CCCC2CNC(=O)Cc1cccc(C(=O)O)c1. The van der Waals surface area contributed by atoms with Crippen molar-refractivity contribution in [2.75, 3.05) is 13.7 Å². The van der Waals surface area contributed by atoms with Crippen LogP contribution in [-0.4, -0.2) is 30.6 Å². The predicted octanol–water partition coefficient (Wildman–Crippen LogP) is 3.17. The van der Waals surface area contributed by atoms with E-state index in [0.717, 1.165) is 25.0 Å². The molecule has 1 aliphatic rings. The zero-order valence-corrected chi connectivity index (χ0v) is 14.8. The number of carboxylic acid groups (broad SMARTS) is 1. The van der Waals surface area contributed by atoms with Gasteiger partial charge in [-0.2, -0.15) is 0 Å². The lowest BCUT2D eigenvalue weighted by Gasteiger charge is -2.26. The van der Waals surface area contributed by atoms with Crippen LogP contribution in [0, 0.1) is 0 Å². The maximum absolute atomic E-state index is 12.3. The molecule has 0 radical (unpaired) electrons. The molecule has 2 aromatic rings. The molecule has 136 valence electrons. The van der Waals surface area contributed by atoms with Crippen molar-refractivity contribution in [2.24, 2.45) is 0 Å². The number of nitrogens with one attached hydrogen (secondary N) is 1. The van der Waals surface area contributed by atoms with Gasteiger partial charge in [-0.3, -0.25) is 4.79 Å². The summed E-state index contributed by atoms with van der Waals surface area (Å²) in [4.78, 5) is 23.3. The van der Waals surface area contributed by atoms with Gasteiger partial charge in [0.15, 0.2) is 0 Å². The number of carboxylic acids is 1. The second-order valence-corrected chi connectivity index (χ2v) is 6.64. The van der Waals surface area contributed by atoms with Gasteiger partial charge in [-0.05, 0) is 60.2 Å². The lowest BCUT2D eigenvalue weighted by atomic mass is 9.82. The molecular formula is C21H23NO4. The number of carbonyl (C=O) groups excluding carboxylic acids is 1. The zero-order chi connectivity index (χ0) is 18.5. The summed E-state index contributed by atoms with van der Waals surface area (Å²) in [5.41, 5.74) is 3.48. The summed E-state index contributed by atoms with van der Waals surface area (Å²) in [7, 11) is 1.67. The van der Waals surface area contributed by atoms with Gasteiger partial charge in [0.2, 0.25) is 5.91 Å². The Balaban J connectivity index is 1.60. The first-order valence-electron chi connectivity index (χ1n) is 8.82. The highest BCUT2D eigenvalue weighted by molar-refractivity contribution is 5.88. The second kappa shape index (κ2) is 8.04. The fourth-order valence-corrected chi connectivity index (χ4v) is 3.53. The highest BCUT2D eigenvalue weighted by Crippen LogP contribution is 2.33. The van der Waals surface area contributed by atoms with E-state index in [2.05, 4.69) is 17.4 Å². The molecule has 2 N–H and O–H groups in total. The highest BCUT2D eigenvalue weighted by atomic mass is 16.5. The number of aromatic carboxylic acids is 1. The number of carbonyl (C=O) groups is 2. The zero-order valence-electron chi connectivity index (χ0n) is 14.8. The Morgan fingerprint density at radius 1 is 1.23 bits per heavy atom. The molecule has 1 atom stereocenters. The molecule has 5 heteroatoms. The maximum Gasteiger partial charge on any atom is 0.335 e. The number of rotatable bonds is 6. The molecule has 0 saturated heterocycles. The molecule has 0 heterocycles. The van der Waals surface area contributed by atoms with E-state index >= 15 is 0 Å². The van der Waals surface area contributed by atoms with Gasteiger partial charge in [0.05, 0.1) is 19.1 Å². The lowest BCUT2D eigenvalue weighted by Crippen LogP contribution is -2.31. The van der Waals surface area contributed by atoms with Crippen molar-refractivity contribution in [1.82, 2.24) is 5.32 Å². The molecule has 0 saturated carbocycles. The molecule has 0 fully saturated rings. The third-order valence-electron chi connectivity index (χ3n) is 4.87. The molecule has 0 aromatic heterocycles. The summed E-state index contributed by atoms with van der Waals surface area (Å²) in [5.74, 6) is 0.0976. The molecular weight excluding hydrogens is 330 g/mol. The van der Waals surface area contributed by atoms with Gasteiger partial charge < -0.3 is 15.2 Å². The van der Waals surface area contributed by atoms with Gasteiger partial charge in [-0.15, -0.1) is 0 Å². The summed E-state index contributed by atoms with van der Waals surface area (Å²) in [6, 6.07) is 12.7. The number of aryl methyl sites for hydroxylation is 1. The van der Waals surface area contributed by atoms with Crippen LogP contribution < -0.4 is 10.1 Å². The van der Waals surface area contributed by atoms with Crippen LogP contribution in [-0.2, 0) is 17.6 Å². The number of benzene rings is 2. The van der Waals surface area contributed by atoms with Gasteiger partial charge in [0, 0.05) is 12.5 Å². The van der Waals surface area contributed by atoms with E-state index in [-0.39, 0.29) is 17.9 Å². The third kappa shape index (κ3) is 4.23. The molecule has 0 spiro atoms. The van der Waals surface area contributed by atoms with Crippen LogP contribution in [0.1, 0.15) is 45.8 Å². The van der Waals surface area contributed by atoms with E-state index in [0.29, 0.717) is 18.0 Å². The van der Waals surface area contributed by atoms with Crippen LogP contribution in [0.3, 0.4) is 0 Å². The lowest BCUT2D eigenvalue weighted by molar-refractivity contribution is -0.120. The molecule has 1 unspecified atom stereocenters. The predicted molar refractivity (Wildman–Crippen MR) is 98.8 cm³/mol. The third-order valence-corrected chi connectivity index (χ3v) is 4.87. The average Bonchev–Trinajstić information content (AvgIpc) is 2.66. The first kappa shape index (κ1) is 18.0. The van der Waals surface area contributed by atoms with Crippen molar-refractivity contribution in [3.63, 3.8) is 0 Å². The summed E-state index contributed by atoms with van der Waals surface area (Å²) in [6.07, 6.45) is 3.37. The number of hydrogen-bond acceptors (Lipinski definition) is 3. The fraction of sp³-hybridized carbons (Fsp3) is 0.333. The Morgan fingerprint density at radius 2 is 2.08 bits per heavy atom. The molecule has 0 bridgehead atoms. The average molecular weight is 353 g/mol. The highest BCUT2D eigenvalue weighted by Gasteiger charge is 2.21. The van der Waals surface area contributed by atoms with Gasteiger partial charge in [-0.1, -0.05) is 18.2 Å². The van der Waals surface area contributed by atoms with E-state index in [4.69, 9.17) is 9.84 Å². The Labute approximate surface area is 153 Å². The van der Waals surface area contributed by atoms with Crippen molar-refractivity contribution in [3.8, 4) is 5.75 Å². The number of amides is 1. The quantitative estimate of drug-likeness (QED) is 0.836. The standard InChI is InChI=1S/C21H23NO4/c1-26-18-8-9-19-15(12-18)5-3-7-17(19)13-22-20(23)11-14-4-2-6-16(10-14)21(24)25/h2,4,6,8-10,12,17H,3,5,7,11,13H2,1H3,(H,22,23)(H,24,25). The molecule has 5 nitrogen and oxygen atoms in total. The maximum atomic E-state index is 12.3. The first-order valence-corrected chi connectivity index (χ1v) is 8.82. The second-order valence-electron chi connectivity index (χ2n) is 6.64. The molecule has 3 rings (SSSR count). The Morgan fingerprint density at radius 3 is 2.85 bits per heavy atom. The van der Waals surface area contributed by atoms with Crippen LogP contribution in [0.4, 0.5) is 0 Å². The minimum atomic E-state index is -0.985. The molecule has 1 amide bonds. The van der Waals surface area contributed by atoms with E-state index in [1.165, 1.54) is 17.2 Å². The van der Waals surface area contributed by atoms with Crippen molar-refractivity contribution in [2.45, 2.75) is 31.6 Å². The van der Waals surface area contributed by atoms with Gasteiger partial charge in [-0.25, -0.2) is 4.79 Å². The summed E-state index contributed by atoms with van der Waals surface area (Å²) in [5, 5.41) is 12.0. The van der Waals surface area contributed by atoms with Crippen LogP contribution >= 0.6 is 0 Å². The summed E-state index contributed by atoms with van der Waals surface area (Å²) >= 11 is 0. The van der Waals surface area contributed by atoms with Gasteiger partial charge in [0.1, 0.15) is 5.75 Å². The first-order chi connectivity index (χ1) is 12.6. The van der Waals surface area contributed by atoms with Crippen LogP contribution in [0.25, 0.3) is 0 Å². The smallest absolute Gasteiger partial charge is 0.335 e. The van der Waals surface area contributed by atoms with Gasteiger partial charge in [0.25, 0.3) is 0 Å².